The molecule has 19 heavy (non-hydrogen) atoms. The van der Waals surface area contributed by atoms with E-state index in [9.17, 15) is 14.3 Å². The van der Waals surface area contributed by atoms with Crippen LogP contribution in [0.1, 0.15) is 17.0 Å². The van der Waals surface area contributed by atoms with Crippen molar-refractivity contribution in [3.8, 4) is 0 Å². The fourth-order valence-corrected chi connectivity index (χ4v) is 2.51. The molecule has 0 aliphatic heterocycles. The molecule has 1 unspecified atom stereocenters. The minimum Gasteiger partial charge on any atom is -0.481 e. The van der Waals surface area contributed by atoms with Crippen molar-refractivity contribution in [3.63, 3.8) is 0 Å². The van der Waals surface area contributed by atoms with Crippen molar-refractivity contribution in [2.45, 2.75) is 12.3 Å². The average Bonchev–Trinajstić information content (AvgIpc) is 2.39. The number of hydrogen-bond donors (Lipinski definition) is 1. The molecule has 0 saturated carbocycles. The van der Waals surface area contributed by atoms with Gasteiger partial charge in [0.25, 0.3) is 0 Å². The van der Waals surface area contributed by atoms with Crippen molar-refractivity contribution >= 4 is 21.9 Å². The second-order valence-electron chi connectivity index (χ2n) is 4.24. The molecule has 2 aromatic carbocycles. The lowest BCUT2D eigenvalue weighted by molar-refractivity contribution is -0.138. The Bertz CT molecular complexity index is 581. The molecule has 0 spiro atoms. The summed E-state index contributed by atoms with van der Waals surface area (Å²) in [5.74, 6) is -1.87. The Labute approximate surface area is 119 Å². The summed E-state index contributed by atoms with van der Waals surface area (Å²) in [6.07, 6.45) is 0.332. The zero-order valence-electron chi connectivity index (χ0n) is 10.0. The van der Waals surface area contributed by atoms with Gasteiger partial charge in [0.05, 0.1) is 5.92 Å². The van der Waals surface area contributed by atoms with Crippen molar-refractivity contribution in [3.05, 3.63) is 69.9 Å². The van der Waals surface area contributed by atoms with Crippen molar-refractivity contribution < 1.29 is 14.3 Å². The van der Waals surface area contributed by atoms with Gasteiger partial charge in [0.1, 0.15) is 5.82 Å². The van der Waals surface area contributed by atoms with Gasteiger partial charge in [-0.2, -0.15) is 0 Å². The number of benzene rings is 2. The lowest BCUT2D eigenvalue weighted by atomic mass is 9.92. The minimum atomic E-state index is -0.892. The summed E-state index contributed by atoms with van der Waals surface area (Å²) >= 11 is 3.37. The number of carbonyl (C=O) groups is 1. The van der Waals surface area contributed by atoms with E-state index >= 15 is 0 Å². The quantitative estimate of drug-likeness (QED) is 0.923. The van der Waals surface area contributed by atoms with Crippen LogP contribution < -0.4 is 0 Å². The maximum Gasteiger partial charge on any atom is 0.311 e. The van der Waals surface area contributed by atoms with Crippen molar-refractivity contribution in [2.24, 2.45) is 0 Å². The van der Waals surface area contributed by atoms with Crippen LogP contribution in [0.4, 0.5) is 4.39 Å². The number of rotatable bonds is 4. The van der Waals surface area contributed by atoms with Gasteiger partial charge in [-0.3, -0.25) is 4.79 Å². The maximum absolute atomic E-state index is 12.8. The molecule has 98 valence electrons. The summed E-state index contributed by atoms with van der Waals surface area (Å²) in [6, 6.07) is 13.2. The second kappa shape index (κ2) is 5.97. The van der Waals surface area contributed by atoms with E-state index in [0.29, 0.717) is 6.42 Å². The highest BCUT2D eigenvalue weighted by Gasteiger charge is 2.22. The zero-order chi connectivity index (χ0) is 13.8. The third-order valence-corrected chi connectivity index (χ3v) is 3.65. The lowest BCUT2D eigenvalue weighted by Crippen LogP contribution is -2.15. The van der Waals surface area contributed by atoms with E-state index in [-0.39, 0.29) is 5.82 Å². The molecule has 2 rings (SSSR count). The van der Waals surface area contributed by atoms with Gasteiger partial charge in [-0.1, -0.05) is 46.3 Å². The molecule has 0 heterocycles. The van der Waals surface area contributed by atoms with E-state index in [4.69, 9.17) is 0 Å². The van der Waals surface area contributed by atoms with Gasteiger partial charge in [0.2, 0.25) is 0 Å². The largest absolute Gasteiger partial charge is 0.481 e. The van der Waals surface area contributed by atoms with Gasteiger partial charge < -0.3 is 5.11 Å². The van der Waals surface area contributed by atoms with Gasteiger partial charge in [0.15, 0.2) is 0 Å². The highest BCUT2D eigenvalue weighted by atomic mass is 79.9. The van der Waals surface area contributed by atoms with E-state index in [1.807, 2.05) is 12.1 Å². The van der Waals surface area contributed by atoms with Gasteiger partial charge in [0, 0.05) is 4.47 Å². The molecular formula is C15H12BrFO2. The molecule has 0 aliphatic carbocycles. The molecule has 1 atom stereocenters. The molecule has 0 radical (unpaired) electrons. The number of carboxylic acids is 1. The van der Waals surface area contributed by atoms with Crippen LogP contribution in [0.3, 0.4) is 0 Å². The first-order chi connectivity index (χ1) is 9.08. The first-order valence-corrected chi connectivity index (χ1v) is 6.59. The SMILES string of the molecule is O=C(O)C(Cc1ccc(F)cc1)c1ccccc1Br. The van der Waals surface area contributed by atoms with Crippen LogP contribution in [0.2, 0.25) is 0 Å². The van der Waals surface area contributed by atoms with Crippen LogP contribution in [0.15, 0.2) is 53.0 Å². The summed E-state index contributed by atoms with van der Waals surface area (Å²) in [6.45, 7) is 0. The monoisotopic (exact) mass is 322 g/mol. The van der Waals surface area contributed by atoms with Gasteiger partial charge >= 0.3 is 5.97 Å². The lowest BCUT2D eigenvalue weighted by Gasteiger charge is -2.14. The molecule has 0 amide bonds. The van der Waals surface area contributed by atoms with Crippen molar-refractivity contribution in [1.82, 2.24) is 0 Å². The first kappa shape index (κ1) is 13.7. The molecule has 0 fully saturated rings. The Morgan fingerprint density at radius 1 is 1.16 bits per heavy atom. The summed E-state index contributed by atoms with van der Waals surface area (Å²) in [5, 5.41) is 9.37. The topological polar surface area (TPSA) is 37.3 Å². The zero-order valence-corrected chi connectivity index (χ0v) is 11.6. The van der Waals surface area contributed by atoms with Crippen LogP contribution in [-0.4, -0.2) is 11.1 Å². The Morgan fingerprint density at radius 3 is 2.37 bits per heavy atom. The second-order valence-corrected chi connectivity index (χ2v) is 5.10. The molecule has 0 bridgehead atoms. The standard InChI is InChI=1S/C15H12BrFO2/c16-14-4-2-1-3-12(14)13(15(18)19)9-10-5-7-11(17)8-6-10/h1-8,13H,9H2,(H,18,19). The Balaban J connectivity index is 2.29. The van der Waals surface area contributed by atoms with Gasteiger partial charge in [-0.25, -0.2) is 4.39 Å². The molecule has 0 saturated heterocycles. The number of hydrogen-bond acceptors (Lipinski definition) is 1. The number of aliphatic carboxylic acids is 1. The fourth-order valence-electron chi connectivity index (χ4n) is 1.94. The van der Waals surface area contributed by atoms with Crippen molar-refractivity contribution in [1.29, 1.82) is 0 Å². The van der Waals surface area contributed by atoms with Crippen molar-refractivity contribution in [2.75, 3.05) is 0 Å². The average molecular weight is 323 g/mol. The van der Waals surface area contributed by atoms with E-state index in [0.717, 1.165) is 15.6 Å². The number of carboxylic acid groups (broad SMARTS) is 1. The first-order valence-electron chi connectivity index (χ1n) is 5.79. The number of halogens is 2. The van der Waals surface area contributed by atoms with E-state index < -0.39 is 11.9 Å². The summed E-state index contributed by atoms with van der Waals surface area (Å²) < 4.78 is 13.6. The summed E-state index contributed by atoms with van der Waals surface area (Å²) in [7, 11) is 0. The van der Waals surface area contributed by atoms with E-state index in [1.54, 1.807) is 24.3 Å². The summed E-state index contributed by atoms with van der Waals surface area (Å²) in [5.41, 5.74) is 1.52. The Morgan fingerprint density at radius 2 is 1.79 bits per heavy atom. The normalized spacial score (nSPS) is 12.1. The van der Waals surface area contributed by atoms with Crippen LogP contribution in [0.5, 0.6) is 0 Å². The van der Waals surface area contributed by atoms with Gasteiger partial charge in [-0.05, 0) is 35.7 Å². The Hall–Kier alpha value is -1.68. The maximum atomic E-state index is 12.8. The molecule has 1 N–H and O–H groups in total. The van der Waals surface area contributed by atoms with Crippen LogP contribution >= 0.6 is 15.9 Å². The summed E-state index contributed by atoms with van der Waals surface area (Å²) in [4.78, 5) is 11.4. The smallest absolute Gasteiger partial charge is 0.311 e. The van der Waals surface area contributed by atoms with Crippen LogP contribution in [0.25, 0.3) is 0 Å². The molecule has 0 aliphatic rings. The van der Waals surface area contributed by atoms with E-state index in [1.165, 1.54) is 12.1 Å². The van der Waals surface area contributed by atoms with Crippen LogP contribution in [-0.2, 0) is 11.2 Å². The highest BCUT2D eigenvalue weighted by molar-refractivity contribution is 9.10. The highest BCUT2D eigenvalue weighted by Crippen LogP contribution is 2.28. The Kier molecular flexibility index (Phi) is 4.32. The minimum absolute atomic E-state index is 0.323. The molecular weight excluding hydrogens is 311 g/mol. The van der Waals surface area contributed by atoms with Crippen LogP contribution in [0, 0.1) is 5.82 Å². The van der Waals surface area contributed by atoms with Gasteiger partial charge in [-0.15, -0.1) is 0 Å². The predicted molar refractivity (Wildman–Crippen MR) is 74.6 cm³/mol. The third kappa shape index (κ3) is 3.41. The third-order valence-electron chi connectivity index (χ3n) is 2.93. The molecule has 2 aromatic rings. The molecule has 2 nitrogen and oxygen atoms in total. The fraction of sp³-hybridized carbons (Fsp3) is 0.133. The molecule has 4 heteroatoms. The predicted octanol–water partition coefficient (Wildman–Crippen LogP) is 4.00. The van der Waals surface area contributed by atoms with E-state index in [2.05, 4.69) is 15.9 Å². The molecule has 0 aromatic heterocycles.